The maximum Gasteiger partial charge on any atom is 0.257 e. The molecule has 2 atom stereocenters. The predicted octanol–water partition coefficient (Wildman–Crippen LogP) is 3.44. The number of nitrogens with one attached hydrogen (secondary N) is 2. The molecule has 2 fully saturated rings. The van der Waals surface area contributed by atoms with Gasteiger partial charge in [0, 0.05) is 50.4 Å². The van der Waals surface area contributed by atoms with Crippen molar-refractivity contribution in [3.8, 4) is 5.75 Å². The monoisotopic (exact) mass is 599 g/mol. The van der Waals surface area contributed by atoms with Crippen molar-refractivity contribution in [3.63, 3.8) is 0 Å². The van der Waals surface area contributed by atoms with Crippen molar-refractivity contribution < 1.29 is 23.9 Å². The lowest BCUT2D eigenvalue weighted by Gasteiger charge is -2.45. The predicted molar refractivity (Wildman–Crippen MR) is 160 cm³/mol. The summed E-state index contributed by atoms with van der Waals surface area (Å²) in [7, 11) is 0. The third-order valence-electron chi connectivity index (χ3n) is 8.62. The van der Waals surface area contributed by atoms with E-state index in [0.29, 0.717) is 47.2 Å². The van der Waals surface area contributed by atoms with E-state index in [9.17, 15) is 19.2 Å². The third-order valence-corrected chi connectivity index (χ3v) is 8.95. The number of fused-ring (bicyclic) bond motifs is 4. The van der Waals surface area contributed by atoms with Gasteiger partial charge in [-0.15, -0.1) is 0 Å². The second kappa shape index (κ2) is 11.0. The first-order valence-electron chi connectivity index (χ1n) is 14.4. The minimum absolute atomic E-state index is 0.144. The zero-order valence-corrected chi connectivity index (χ0v) is 24.1. The number of rotatable bonds is 5. The fourth-order valence-corrected chi connectivity index (χ4v) is 6.70. The molecule has 43 heavy (non-hydrogen) atoms. The van der Waals surface area contributed by atoms with E-state index >= 15 is 0 Å². The Balaban J connectivity index is 1.01. The van der Waals surface area contributed by atoms with Crippen LogP contribution in [0.15, 0.2) is 60.7 Å². The summed E-state index contributed by atoms with van der Waals surface area (Å²) in [5.74, 6) is -0.477. The topological polar surface area (TPSA) is 111 Å². The Bertz CT molecular complexity index is 1660. The maximum absolute atomic E-state index is 13.2. The minimum atomic E-state index is -0.644. The fraction of sp³-hybridized carbons (Fsp3) is 0.312. The second-order valence-electron chi connectivity index (χ2n) is 11.4. The molecule has 3 aromatic rings. The van der Waals surface area contributed by atoms with Crippen LogP contribution in [0.4, 0.5) is 11.4 Å². The first kappa shape index (κ1) is 27.4. The molecular formula is C32H30ClN5O5. The smallest absolute Gasteiger partial charge is 0.257 e. The quantitative estimate of drug-likeness (QED) is 0.432. The molecule has 7 rings (SSSR count). The van der Waals surface area contributed by atoms with Gasteiger partial charge in [0.25, 0.3) is 11.8 Å². The lowest BCUT2D eigenvalue weighted by atomic mass is 10.0. The number of amides is 4. The number of nitrogens with zero attached hydrogens (tertiary/aromatic N) is 3. The van der Waals surface area contributed by atoms with Crippen LogP contribution in [0.2, 0.25) is 5.02 Å². The van der Waals surface area contributed by atoms with E-state index in [2.05, 4.69) is 26.5 Å². The number of ether oxygens (including phenoxy) is 1. The van der Waals surface area contributed by atoms with Gasteiger partial charge in [-0.05, 0) is 53.9 Å². The van der Waals surface area contributed by atoms with Crippen LogP contribution in [-0.4, -0.2) is 71.8 Å². The molecular weight excluding hydrogens is 570 g/mol. The summed E-state index contributed by atoms with van der Waals surface area (Å²) in [4.78, 5) is 56.3. The molecule has 4 aliphatic rings. The van der Waals surface area contributed by atoms with E-state index in [-0.39, 0.29) is 30.2 Å². The number of imide groups is 1. The van der Waals surface area contributed by atoms with Crippen molar-refractivity contribution in [3.05, 3.63) is 87.9 Å². The largest absolute Gasteiger partial charge is 0.489 e. The van der Waals surface area contributed by atoms with Gasteiger partial charge in [0.1, 0.15) is 18.4 Å². The van der Waals surface area contributed by atoms with Gasteiger partial charge in [0.2, 0.25) is 11.8 Å². The van der Waals surface area contributed by atoms with Crippen molar-refractivity contribution >= 4 is 46.6 Å². The average Bonchev–Trinajstić information content (AvgIpc) is 3.31. The van der Waals surface area contributed by atoms with E-state index in [4.69, 9.17) is 16.3 Å². The summed E-state index contributed by atoms with van der Waals surface area (Å²) < 4.78 is 6.17. The number of carbonyl (C=O) groups is 4. The Morgan fingerprint density at radius 1 is 1.02 bits per heavy atom. The SMILES string of the molecule is O=C1CC[C@H](N2Cc3cc4c(cc3C2=O)OC[C@@H]2CN(Cc3cccc(NC(=O)c5ccccc5Cl)c3)CCN42)C(=O)N1. The summed E-state index contributed by atoms with van der Waals surface area (Å²) in [5.41, 5.74) is 4.63. The number of piperidine rings is 1. The number of hydrogen-bond donors (Lipinski definition) is 2. The summed E-state index contributed by atoms with van der Waals surface area (Å²) in [6, 6.07) is 18.2. The van der Waals surface area contributed by atoms with Crippen molar-refractivity contribution in [2.45, 2.75) is 38.0 Å². The number of piperazine rings is 1. The molecule has 0 spiro atoms. The Kier molecular flexibility index (Phi) is 7.03. The highest BCUT2D eigenvalue weighted by molar-refractivity contribution is 6.34. The molecule has 4 amide bonds. The molecule has 0 saturated carbocycles. The first-order chi connectivity index (χ1) is 20.8. The summed E-state index contributed by atoms with van der Waals surface area (Å²) in [6.45, 7) is 4.00. The van der Waals surface area contributed by atoms with Gasteiger partial charge in [-0.3, -0.25) is 29.4 Å². The standard InChI is InChI=1S/C32H30ClN5O5/c33-25-7-2-1-6-23(25)30(40)34-21-5-3-4-19(12-21)15-36-10-11-37-22(17-36)18-43-28-14-24-20(13-27(28)37)16-38(32(24)42)26-8-9-29(39)35-31(26)41/h1-7,12-14,22,26H,8-11,15-18H2,(H,34,40)(H,35,39,41)/t22-,26-/m0/s1. The van der Waals surface area contributed by atoms with Gasteiger partial charge < -0.3 is 19.9 Å². The molecule has 11 heteroatoms. The molecule has 4 heterocycles. The zero-order chi connectivity index (χ0) is 29.7. The highest BCUT2D eigenvalue weighted by atomic mass is 35.5. The summed E-state index contributed by atoms with van der Waals surface area (Å²) in [6.07, 6.45) is 0.560. The number of carbonyl (C=O) groups excluding carboxylic acids is 4. The van der Waals surface area contributed by atoms with E-state index < -0.39 is 11.9 Å². The Morgan fingerprint density at radius 3 is 2.72 bits per heavy atom. The maximum atomic E-state index is 13.2. The summed E-state index contributed by atoms with van der Waals surface area (Å²) in [5, 5.41) is 5.72. The summed E-state index contributed by atoms with van der Waals surface area (Å²) >= 11 is 6.19. The van der Waals surface area contributed by atoms with Crippen molar-refractivity contribution in [1.82, 2.24) is 15.1 Å². The van der Waals surface area contributed by atoms with E-state index in [1.807, 2.05) is 30.3 Å². The lowest BCUT2D eigenvalue weighted by molar-refractivity contribution is -0.136. The van der Waals surface area contributed by atoms with Gasteiger partial charge in [0.05, 0.1) is 22.3 Å². The molecule has 10 nitrogen and oxygen atoms in total. The van der Waals surface area contributed by atoms with Crippen LogP contribution in [0, 0.1) is 0 Å². The van der Waals surface area contributed by atoms with Crippen LogP contribution in [0.1, 0.15) is 44.7 Å². The number of hydrogen-bond acceptors (Lipinski definition) is 7. The number of anilines is 2. The number of benzene rings is 3. The number of halogens is 1. The van der Waals surface area contributed by atoms with E-state index in [1.165, 1.54) is 0 Å². The highest BCUT2D eigenvalue weighted by Gasteiger charge is 2.41. The highest BCUT2D eigenvalue weighted by Crippen LogP contribution is 2.41. The van der Waals surface area contributed by atoms with Gasteiger partial charge in [-0.1, -0.05) is 35.9 Å². The van der Waals surface area contributed by atoms with Crippen LogP contribution in [0.3, 0.4) is 0 Å². The molecule has 0 radical (unpaired) electrons. The van der Waals surface area contributed by atoms with E-state index in [1.54, 1.807) is 29.2 Å². The fourth-order valence-electron chi connectivity index (χ4n) is 6.48. The molecule has 220 valence electrons. The first-order valence-corrected chi connectivity index (χ1v) is 14.8. The molecule has 2 saturated heterocycles. The van der Waals surface area contributed by atoms with Crippen LogP contribution < -0.4 is 20.3 Å². The Hall–Kier alpha value is -4.41. The normalized spacial score (nSPS) is 21.5. The molecule has 0 unspecified atom stereocenters. The minimum Gasteiger partial charge on any atom is -0.489 e. The van der Waals surface area contributed by atoms with Crippen LogP contribution in [0.5, 0.6) is 5.75 Å². The zero-order valence-electron chi connectivity index (χ0n) is 23.3. The van der Waals surface area contributed by atoms with Gasteiger partial charge in [-0.2, -0.15) is 0 Å². The van der Waals surface area contributed by atoms with E-state index in [0.717, 1.165) is 43.0 Å². The van der Waals surface area contributed by atoms with Gasteiger partial charge >= 0.3 is 0 Å². The molecule has 4 aliphatic heterocycles. The average molecular weight is 600 g/mol. The van der Waals surface area contributed by atoms with Crippen LogP contribution in [-0.2, 0) is 22.7 Å². The molecule has 0 aromatic heterocycles. The third kappa shape index (κ3) is 5.21. The molecule has 0 bridgehead atoms. The van der Waals surface area contributed by atoms with Crippen molar-refractivity contribution in [2.75, 3.05) is 36.5 Å². The molecule has 3 aromatic carbocycles. The molecule has 2 N–H and O–H groups in total. The van der Waals surface area contributed by atoms with Crippen LogP contribution in [0.25, 0.3) is 0 Å². The van der Waals surface area contributed by atoms with Crippen molar-refractivity contribution in [2.24, 2.45) is 0 Å². The molecule has 0 aliphatic carbocycles. The Morgan fingerprint density at radius 2 is 1.88 bits per heavy atom. The van der Waals surface area contributed by atoms with Gasteiger partial charge in [0.15, 0.2) is 0 Å². The Labute approximate surface area is 253 Å². The van der Waals surface area contributed by atoms with Crippen LogP contribution >= 0.6 is 11.6 Å². The van der Waals surface area contributed by atoms with Crippen molar-refractivity contribution in [1.29, 1.82) is 0 Å². The van der Waals surface area contributed by atoms with Gasteiger partial charge in [-0.25, -0.2) is 0 Å². The second-order valence-corrected chi connectivity index (χ2v) is 11.8. The lowest BCUT2D eigenvalue weighted by Crippen LogP contribution is -2.56.